The zero-order valence-corrected chi connectivity index (χ0v) is 22.9. The predicted octanol–water partition coefficient (Wildman–Crippen LogP) is 6.46. The molecule has 186 valence electrons. The minimum atomic E-state index is -0.716. The molecule has 0 unspecified atom stereocenters. The van der Waals surface area contributed by atoms with Crippen molar-refractivity contribution in [2.45, 2.75) is 39.9 Å². The van der Waals surface area contributed by atoms with Crippen LogP contribution in [0.3, 0.4) is 0 Å². The van der Waals surface area contributed by atoms with Crippen molar-refractivity contribution in [1.82, 2.24) is 4.90 Å². The molecule has 2 aromatic rings. The molecule has 0 spiro atoms. The third-order valence-electron chi connectivity index (χ3n) is 4.54. The highest BCUT2D eigenvalue weighted by molar-refractivity contribution is 9.10. The van der Waals surface area contributed by atoms with Crippen molar-refractivity contribution >= 4 is 62.5 Å². The predicted molar refractivity (Wildman–Crippen MR) is 140 cm³/mol. The number of thioether (sulfide) groups is 1. The van der Waals surface area contributed by atoms with E-state index in [0.29, 0.717) is 33.2 Å². The SMILES string of the molecule is CCOc1cc(C=C2SC(=O)N(CC(=O)OC(C)(C)C)C2=O)cc(Br)c1OCc1ccccc1Cl. The minimum absolute atomic E-state index is 0.192. The van der Waals surface area contributed by atoms with E-state index in [4.69, 9.17) is 25.8 Å². The first-order valence-corrected chi connectivity index (χ1v) is 12.8. The van der Waals surface area contributed by atoms with Gasteiger partial charge in [-0.05, 0) is 85.2 Å². The summed E-state index contributed by atoms with van der Waals surface area (Å²) in [6.07, 6.45) is 1.57. The van der Waals surface area contributed by atoms with Crippen LogP contribution in [0.15, 0.2) is 45.8 Å². The summed E-state index contributed by atoms with van der Waals surface area (Å²) in [5, 5.41) is 0.0659. The first-order chi connectivity index (χ1) is 16.5. The lowest BCUT2D eigenvalue weighted by molar-refractivity contribution is -0.156. The molecule has 35 heavy (non-hydrogen) atoms. The van der Waals surface area contributed by atoms with Gasteiger partial charge in [-0.2, -0.15) is 0 Å². The lowest BCUT2D eigenvalue weighted by Gasteiger charge is -2.21. The van der Waals surface area contributed by atoms with Gasteiger partial charge in [0.2, 0.25) is 0 Å². The second-order valence-corrected chi connectivity index (χ2v) is 10.8. The number of rotatable bonds is 8. The average Bonchev–Trinajstić information content (AvgIpc) is 3.00. The highest BCUT2D eigenvalue weighted by Crippen LogP contribution is 2.40. The van der Waals surface area contributed by atoms with Crippen LogP contribution in [0.4, 0.5) is 4.79 Å². The second-order valence-electron chi connectivity index (χ2n) is 8.50. The Morgan fingerprint density at radius 3 is 2.54 bits per heavy atom. The minimum Gasteiger partial charge on any atom is -0.490 e. The van der Waals surface area contributed by atoms with Crippen molar-refractivity contribution in [3.63, 3.8) is 0 Å². The third kappa shape index (κ3) is 7.25. The fourth-order valence-corrected chi connectivity index (χ4v) is 4.73. The molecule has 0 aromatic heterocycles. The monoisotopic (exact) mass is 581 g/mol. The van der Waals surface area contributed by atoms with E-state index in [-0.39, 0.29) is 11.5 Å². The van der Waals surface area contributed by atoms with Gasteiger partial charge in [-0.3, -0.25) is 19.3 Å². The molecule has 1 fully saturated rings. The van der Waals surface area contributed by atoms with Gasteiger partial charge in [0.05, 0.1) is 16.0 Å². The summed E-state index contributed by atoms with van der Waals surface area (Å²) in [6, 6.07) is 10.9. The fraction of sp³-hybridized carbons (Fsp3) is 0.320. The normalized spacial score (nSPS) is 15.0. The Balaban J connectivity index is 1.81. The summed E-state index contributed by atoms with van der Waals surface area (Å²) in [7, 11) is 0. The number of hydrogen-bond acceptors (Lipinski definition) is 7. The lowest BCUT2D eigenvalue weighted by Crippen LogP contribution is -2.37. The number of benzene rings is 2. The molecule has 1 heterocycles. The number of amides is 2. The molecular weight excluding hydrogens is 558 g/mol. The molecule has 0 saturated carbocycles. The van der Waals surface area contributed by atoms with E-state index in [1.54, 1.807) is 45.0 Å². The maximum Gasteiger partial charge on any atom is 0.326 e. The Morgan fingerprint density at radius 2 is 1.89 bits per heavy atom. The van der Waals surface area contributed by atoms with Gasteiger partial charge in [0.25, 0.3) is 11.1 Å². The summed E-state index contributed by atoms with van der Waals surface area (Å²) >= 11 is 10.5. The standard InChI is InChI=1S/C25H25BrClNO6S/c1-5-32-19-11-15(10-17(26)22(19)33-14-16-8-6-7-9-18(16)27)12-20-23(30)28(24(31)35-20)13-21(29)34-25(2,3)4/h6-12H,5,13-14H2,1-4H3. The van der Waals surface area contributed by atoms with E-state index >= 15 is 0 Å². The maximum atomic E-state index is 12.8. The summed E-state index contributed by atoms with van der Waals surface area (Å²) in [4.78, 5) is 38.4. The number of ether oxygens (including phenoxy) is 3. The van der Waals surface area contributed by atoms with Crippen LogP contribution in [0, 0.1) is 0 Å². The smallest absolute Gasteiger partial charge is 0.326 e. The van der Waals surface area contributed by atoms with Crippen molar-refractivity contribution in [2.75, 3.05) is 13.2 Å². The largest absolute Gasteiger partial charge is 0.490 e. The molecule has 1 aliphatic heterocycles. The van der Waals surface area contributed by atoms with Gasteiger partial charge < -0.3 is 14.2 Å². The second kappa shape index (κ2) is 11.5. The molecule has 0 radical (unpaired) electrons. The van der Waals surface area contributed by atoms with Crippen LogP contribution >= 0.6 is 39.3 Å². The first-order valence-electron chi connectivity index (χ1n) is 10.8. The van der Waals surface area contributed by atoms with Crippen LogP contribution in [0.2, 0.25) is 5.02 Å². The van der Waals surface area contributed by atoms with Gasteiger partial charge in [0, 0.05) is 10.6 Å². The molecule has 0 bridgehead atoms. The maximum absolute atomic E-state index is 12.8. The Kier molecular flexibility index (Phi) is 8.90. The zero-order chi connectivity index (χ0) is 25.8. The van der Waals surface area contributed by atoms with Crippen LogP contribution in [-0.4, -0.2) is 40.8 Å². The summed E-state index contributed by atoms with van der Waals surface area (Å²) in [6.45, 7) is 7.19. The van der Waals surface area contributed by atoms with E-state index < -0.39 is 29.3 Å². The third-order valence-corrected chi connectivity index (χ3v) is 6.41. The molecule has 10 heteroatoms. The van der Waals surface area contributed by atoms with E-state index in [2.05, 4.69) is 15.9 Å². The van der Waals surface area contributed by atoms with Crippen LogP contribution in [0.1, 0.15) is 38.8 Å². The molecule has 1 aliphatic rings. The molecular formula is C25H25BrClNO6S. The Bertz CT molecular complexity index is 1180. The molecule has 0 aliphatic carbocycles. The van der Waals surface area contributed by atoms with Crippen LogP contribution < -0.4 is 9.47 Å². The van der Waals surface area contributed by atoms with Crippen molar-refractivity contribution in [3.05, 3.63) is 61.9 Å². The van der Waals surface area contributed by atoms with E-state index in [1.807, 2.05) is 25.1 Å². The number of imide groups is 1. The lowest BCUT2D eigenvalue weighted by atomic mass is 10.1. The summed E-state index contributed by atoms with van der Waals surface area (Å²) in [5.74, 6) is -0.253. The van der Waals surface area contributed by atoms with Crippen molar-refractivity contribution < 1.29 is 28.6 Å². The highest BCUT2D eigenvalue weighted by Gasteiger charge is 2.37. The fourth-order valence-electron chi connectivity index (χ4n) is 3.13. The van der Waals surface area contributed by atoms with Gasteiger partial charge in [-0.25, -0.2) is 0 Å². The molecule has 0 atom stereocenters. The summed E-state index contributed by atoms with van der Waals surface area (Å²) in [5.41, 5.74) is 0.728. The zero-order valence-electron chi connectivity index (χ0n) is 19.7. The first kappa shape index (κ1) is 27.1. The topological polar surface area (TPSA) is 82.1 Å². The van der Waals surface area contributed by atoms with Gasteiger partial charge in [0.15, 0.2) is 11.5 Å². The number of carbonyl (C=O) groups excluding carboxylic acids is 3. The Hall–Kier alpha value is -2.49. The van der Waals surface area contributed by atoms with E-state index in [1.165, 1.54) is 0 Å². The Morgan fingerprint density at radius 1 is 1.17 bits per heavy atom. The quantitative estimate of drug-likeness (QED) is 0.261. The Labute approximate surface area is 221 Å². The number of nitrogens with zero attached hydrogens (tertiary/aromatic N) is 1. The van der Waals surface area contributed by atoms with Gasteiger partial charge in [0.1, 0.15) is 18.8 Å². The average molecular weight is 583 g/mol. The number of hydrogen-bond donors (Lipinski definition) is 0. The van der Waals surface area contributed by atoms with E-state index in [9.17, 15) is 14.4 Å². The molecule has 7 nitrogen and oxygen atoms in total. The molecule has 1 saturated heterocycles. The van der Waals surface area contributed by atoms with Crippen LogP contribution in [-0.2, 0) is 20.9 Å². The van der Waals surface area contributed by atoms with Gasteiger partial charge >= 0.3 is 5.97 Å². The number of carbonyl (C=O) groups is 3. The van der Waals surface area contributed by atoms with E-state index in [0.717, 1.165) is 22.2 Å². The molecule has 2 aromatic carbocycles. The van der Waals surface area contributed by atoms with Crippen molar-refractivity contribution in [2.24, 2.45) is 0 Å². The molecule has 2 amide bonds. The number of esters is 1. The summed E-state index contributed by atoms with van der Waals surface area (Å²) < 4.78 is 17.6. The van der Waals surface area contributed by atoms with Crippen molar-refractivity contribution in [3.8, 4) is 11.5 Å². The van der Waals surface area contributed by atoms with Gasteiger partial charge in [-0.15, -0.1) is 0 Å². The molecule has 3 rings (SSSR count). The van der Waals surface area contributed by atoms with Crippen LogP contribution in [0.5, 0.6) is 11.5 Å². The van der Waals surface area contributed by atoms with Crippen LogP contribution in [0.25, 0.3) is 6.08 Å². The number of halogens is 2. The highest BCUT2D eigenvalue weighted by atomic mass is 79.9. The van der Waals surface area contributed by atoms with Gasteiger partial charge in [-0.1, -0.05) is 29.8 Å². The molecule has 0 N–H and O–H groups in total. The van der Waals surface area contributed by atoms with Crippen molar-refractivity contribution in [1.29, 1.82) is 0 Å².